The van der Waals surface area contributed by atoms with Crippen LogP contribution in [0.5, 0.6) is 0 Å². The fourth-order valence-electron chi connectivity index (χ4n) is 2.74. The highest BCUT2D eigenvalue weighted by Gasteiger charge is 2.35. The average molecular weight is 320 g/mol. The lowest BCUT2D eigenvalue weighted by atomic mass is 10.1. The lowest BCUT2D eigenvalue weighted by Gasteiger charge is -2.17. The van der Waals surface area contributed by atoms with E-state index < -0.39 is 5.92 Å². The smallest absolute Gasteiger partial charge is 0.227 e. The van der Waals surface area contributed by atoms with Gasteiger partial charge in [-0.3, -0.25) is 14.6 Å². The second-order valence-corrected chi connectivity index (χ2v) is 5.57. The van der Waals surface area contributed by atoms with Gasteiger partial charge in [0.05, 0.1) is 29.4 Å². The predicted molar refractivity (Wildman–Crippen MR) is 87.7 cm³/mol. The Hall–Kier alpha value is -3.20. The van der Waals surface area contributed by atoms with Gasteiger partial charge < -0.3 is 10.2 Å². The normalized spacial score (nSPS) is 16.7. The molecule has 6 nitrogen and oxygen atoms in total. The van der Waals surface area contributed by atoms with Crippen LogP contribution in [0.4, 0.5) is 5.69 Å². The van der Waals surface area contributed by atoms with Crippen LogP contribution < -0.4 is 10.2 Å². The molecule has 1 aliphatic rings. The van der Waals surface area contributed by atoms with Gasteiger partial charge in [0.1, 0.15) is 6.07 Å². The molecule has 1 atom stereocenters. The maximum atomic E-state index is 12.3. The average Bonchev–Trinajstić information content (AvgIpc) is 3.02. The molecule has 1 aromatic carbocycles. The number of hydrogen-bond donors (Lipinski definition) is 1. The lowest BCUT2D eigenvalue weighted by Crippen LogP contribution is -2.33. The summed E-state index contributed by atoms with van der Waals surface area (Å²) in [6.07, 6.45) is 1.81. The highest BCUT2D eigenvalue weighted by Crippen LogP contribution is 2.27. The second-order valence-electron chi connectivity index (χ2n) is 5.57. The molecule has 0 bridgehead atoms. The zero-order chi connectivity index (χ0) is 16.9. The van der Waals surface area contributed by atoms with Crippen LogP contribution >= 0.6 is 0 Å². The fourth-order valence-corrected chi connectivity index (χ4v) is 2.74. The van der Waals surface area contributed by atoms with Crippen LogP contribution in [0.3, 0.4) is 0 Å². The van der Waals surface area contributed by atoms with Crippen molar-refractivity contribution < 1.29 is 9.59 Å². The number of carbonyl (C=O) groups is 2. The molecule has 2 aromatic rings. The molecule has 6 heteroatoms. The van der Waals surface area contributed by atoms with E-state index >= 15 is 0 Å². The van der Waals surface area contributed by atoms with Crippen molar-refractivity contribution in [2.24, 2.45) is 5.92 Å². The van der Waals surface area contributed by atoms with Crippen molar-refractivity contribution in [2.45, 2.75) is 13.0 Å². The lowest BCUT2D eigenvalue weighted by molar-refractivity contribution is -0.126. The second kappa shape index (κ2) is 6.92. The number of carbonyl (C=O) groups excluding carboxylic acids is 2. The van der Waals surface area contributed by atoms with Crippen molar-refractivity contribution in [3.63, 3.8) is 0 Å². The molecular formula is C18H16N4O2. The van der Waals surface area contributed by atoms with E-state index in [9.17, 15) is 14.9 Å². The minimum atomic E-state index is -0.423. The van der Waals surface area contributed by atoms with E-state index in [4.69, 9.17) is 0 Å². The molecule has 1 fully saturated rings. The topological polar surface area (TPSA) is 86.1 Å². The molecule has 24 heavy (non-hydrogen) atoms. The van der Waals surface area contributed by atoms with E-state index in [1.807, 2.05) is 18.2 Å². The largest absolute Gasteiger partial charge is 0.350 e. The van der Waals surface area contributed by atoms with Gasteiger partial charge >= 0.3 is 0 Å². The van der Waals surface area contributed by atoms with Crippen LogP contribution in [0.25, 0.3) is 0 Å². The molecule has 2 heterocycles. The molecule has 0 aliphatic carbocycles. The van der Waals surface area contributed by atoms with Gasteiger partial charge in [-0.05, 0) is 24.3 Å². The minimum absolute atomic E-state index is 0.143. The minimum Gasteiger partial charge on any atom is -0.350 e. The van der Waals surface area contributed by atoms with E-state index in [0.717, 1.165) is 5.69 Å². The summed E-state index contributed by atoms with van der Waals surface area (Å²) >= 11 is 0. The third-order valence-corrected chi connectivity index (χ3v) is 3.98. The maximum absolute atomic E-state index is 12.3. The van der Waals surface area contributed by atoms with Crippen LogP contribution in [-0.4, -0.2) is 23.3 Å². The summed E-state index contributed by atoms with van der Waals surface area (Å²) in [5.41, 5.74) is 1.76. The molecule has 1 unspecified atom stereocenters. The summed E-state index contributed by atoms with van der Waals surface area (Å²) in [6, 6.07) is 14.5. The molecule has 1 aliphatic heterocycles. The van der Waals surface area contributed by atoms with Crippen molar-refractivity contribution in [2.75, 3.05) is 11.4 Å². The van der Waals surface area contributed by atoms with Gasteiger partial charge in [0.25, 0.3) is 0 Å². The number of nitriles is 1. The van der Waals surface area contributed by atoms with Gasteiger partial charge in [-0.1, -0.05) is 18.2 Å². The quantitative estimate of drug-likeness (QED) is 0.927. The number of nitrogens with one attached hydrogen (secondary N) is 1. The number of nitrogens with zero attached hydrogens (tertiary/aromatic N) is 3. The zero-order valence-electron chi connectivity index (χ0n) is 13.0. The fraction of sp³-hybridized carbons (Fsp3) is 0.222. The SMILES string of the molecule is N#Cc1ccccc1N1CC(C(=O)NCc2ccccn2)CC1=O. The zero-order valence-corrected chi connectivity index (χ0v) is 13.0. The number of pyridine rings is 1. The summed E-state index contributed by atoms with van der Waals surface area (Å²) < 4.78 is 0. The summed E-state index contributed by atoms with van der Waals surface area (Å²) in [5, 5.41) is 12.0. The summed E-state index contributed by atoms with van der Waals surface area (Å²) in [6.45, 7) is 0.616. The van der Waals surface area contributed by atoms with Crippen molar-refractivity contribution in [1.29, 1.82) is 5.26 Å². The first-order valence-corrected chi connectivity index (χ1v) is 7.66. The van der Waals surface area contributed by atoms with E-state index in [1.165, 1.54) is 4.90 Å². The number of rotatable bonds is 4. The monoisotopic (exact) mass is 320 g/mol. The number of benzene rings is 1. The van der Waals surface area contributed by atoms with Crippen molar-refractivity contribution in [1.82, 2.24) is 10.3 Å². The summed E-state index contributed by atoms with van der Waals surface area (Å²) in [5.74, 6) is -0.741. The molecule has 3 rings (SSSR count). The van der Waals surface area contributed by atoms with Gasteiger partial charge in [-0.2, -0.15) is 5.26 Å². The van der Waals surface area contributed by atoms with Gasteiger partial charge in [-0.15, -0.1) is 0 Å². The third-order valence-electron chi connectivity index (χ3n) is 3.98. The highest BCUT2D eigenvalue weighted by molar-refractivity contribution is 6.01. The summed E-state index contributed by atoms with van der Waals surface area (Å²) in [7, 11) is 0. The molecule has 0 radical (unpaired) electrons. The Morgan fingerprint density at radius 1 is 1.29 bits per heavy atom. The first-order chi connectivity index (χ1) is 11.7. The van der Waals surface area contributed by atoms with E-state index in [1.54, 1.807) is 30.5 Å². The first kappa shape index (κ1) is 15.7. The molecule has 120 valence electrons. The Morgan fingerprint density at radius 3 is 2.83 bits per heavy atom. The number of anilines is 1. The Morgan fingerprint density at radius 2 is 2.08 bits per heavy atom. The van der Waals surface area contributed by atoms with Crippen LogP contribution in [0.1, 0.15) is 17.7 Å². The van der Waals surface area contributed by atoms with Gasteiger partial charge in [0.15, 0.2) is 0 Å². The Bertz CT molecular complexity index is 798. The molecule has 2 amide bonds. The van der Waals surface area contributed by atoms with Crippen LogP contribution in [-0.2, 0) is 16.1 Å². The van der Waals surface area contributed by atoms with Crippen LogP contribution in [0.15, 0.2) is 48.7 Å². The summed E-state index contributed by atoms with van der Waals surface area (Å²) in [4.78, 5) is 30.2. The predicted octanol–water partition coefficient (Wildman–Crippen LogP) is 1.62. The molecular weight excluding hydrogens is 304 g/mol. The molecule has 1 aromatic heterocycles. The molecule has 0 saturated carbocycles. The first-order valence-electron chi connectivity index (χ1n) is 7.66. The maximum Gasteiger partial charge on any atom is 0.227 e. The molecule has 1 N–H and O–H groups in total. The number of para-hydroxylation sites is 1. The Kier molecular flexibility index (Phi) is 4.52. The molecule has 1 saturated heterocycles. The van der Waals surface area contributed by atoms with Crippen molar-refractivity contribution in [3.8, 4) is 6.07 Å². The standard InChI is InChI=1S/C18H16N4O2/c19-10-13-5-1-2-7-16(13)22-12-14(9-17(22)23)18(24)21-11-15-6-3-4-8-20-15/h1-8,14H,9,11-12H2,(H,21,24). The third kappa shape index (κ3) is 3.25. The van der Waals surface area contributed by atoms with Crippen LogP contribution in [0.2, 0.25) is 0 Å². The van der Waals surface area contributed by atoms with E-state index in [2.05, 4.69) is 16.4 Å². The number of amides is 2. The highest BCUT2D eigenvalue weighted by atomic mass is 16.2. The molecule has 0 spiro atoms. The number of hydrogen-bond acceptors (Lipinski definition) is 4. The Labute approximate surface area is 139 Å². The van der Waals surface area contributed by atoms with Crippen molar-refractivity contribution in [3.05, 3.63) is 59.9 Å². The van der Waals surface area contributed by atoms with Crippen LogP contribution in [0, 0.1) is 17.2 Å². The van der Waals surface area contributed by atoms with Crippen molar-refractivity contribution >= 4 is 17.5 Å². The van der Waals surface area contributed by atoms with E-state index in [0.29, 0.717) is 17.8 Å². The van der Waals surface area contributed by atoms with Gasteiger partial charge in [0.2, 0.25) is 11.8 Å². The van der Waals surface area contributed by atoms with E-state index in [-0.39, 0.29) is 24.8 Å². The van der Waals surface area contributed by atoms with Gasteiger partial charge in [0, 0.05) is 19.2 Å². The van der Waals surface area contributed by atoms with Gasteiger partial charge in [-0.25, -0.2) is 0 Å². The number of aromatic nitrogens is 1. The Balaban J connectivity index is 1.66.